The van der Waals surface area contributed by atoms with Crippen LogP contribution >= 0.6 is 0 Å². The summed E-state index contributed by atoms with van der Waals surface area (Å²) in [5.74, 6) is 0.447. The van der Waals surface area contributed by atoms with E-state index in [-0.39, 0.29) is 29.3 Å². The molecule has 0 bridgehead atoms. The van der Waals surface area contributed by atoms with E-state index in [0.29, 0.717) is 26.1 Å². The van der Waals surface area contributed by atoms with Gasteiger partial charge in [-0.3, -0.25) is 0 Å². The third-order valence-electron chi connectivity index (χ3n) is 8.58. The Labute approximate surface area is 255 Å². The lowest BCUT2D eigenvalue weighted by Gasteiger charge is -2.47. The number of rotatable bonds is 17. The van der Waals surface area contributed by atoms with Crippen molar-refractivity contribution in [3.63, 3.8) is 0 Å². The van der Waals surface area contributed by atoms with Crippen LogP contribution in [0.4, 0.5) is 0 Å². The Morgan fingerprint density at radius 3 is 2.00 bits per heavy atom. The van der Waals surface area contributed by atoms with Crippen LogP contribution in [0.2, 0.25) is 18.1 Å². The lowest BCUT2D eigenvalue weighted by atomic mass is 9.77. The predicted octanol–water partition coefficient (Wildman–Crippen LogP) is 8.50. The lowest BCUT2D eigenvalue weighted by molar-refractivity contribution is -0.134. The Morgan fingerprint density at radius 2 is 1.45 bits per heavy atom. The Hall–Kier alpha value is -2.45. The highest BCUT2D eigenvalue weighted by Gasteiger charge is 2.46. The average molecular weight is 599 g/mol. The summed E-state index contributed by atoms with van der Waals surface area (Å²) in [6.07, 6.45) is 5.14. The average Bonchev–Trinajstić information content (AvgIpc) is 2.96. The standard InChI is InChI=1S/C35H54O6Si/c1-11-29(39-25-27-16-13-12-14-17-27)24-32(40-26-28-20-22-30(37-7)23-21-28)35(5,6)31(18-15-19-33(36)38-8)41-42(9,10)34(2,3)4/h12-17,19-23,29,31-32H,11,18,24-26H2,1-10H3/b19-15+/t29-,31+,32+/m0/s1. The van der Waals surface area contributed by atoms with Gasteiger partial charge in [0.2, 0.25) is 0 Å². The lowest BCUT2D eigenvalue weighted by Crippen LogP contribution is -2.52. The van der Waals surface area contributed by atoms with E-state index in [1.165, 1.54) is 13.2 Å². The van der Waals surface area contributed by atoms with Crippen LogP contribution in [0.25, 0.3) is 0 Å². The van der Waals surface area contributed by atoms with E-state index in [1.807, 2.05) is 48.5 Å². The van der Waals surface area contributed by atoms with Crippen LogP contribution in [0, 0.1) is 5.41 Å². The van der Waals surface area contributed by atoms with Crippen LogP contribution in [0.15, 0.2) is 66.7 Å². The van der Waals surface area contributed by atoms with E-state index < -0.39 is 13.7 Å². The smallest absolute Gasteiger partial charge is 0.330 e. The molecule has 0 aliphatic rings. The van der Waals surface area contributed by atoms with E-state index in [0.717, 1.165) is 23.3 Å². The van der Waals surface area contributed by atoms with Gasteiger partial charge in [-0.25, -0.2) is 4.79 Å². The summed E-state index contributed by atoms with van der Waals surface area (Å²) in [4.78, 5) is 11.9. The van der Waals surface area contributed by atoms with Gasteiger partial charge in [0, 0.05) is 17.9 Å². The van der Waals surface area contributed by atoms with Gasteiger partial charge in [0.1, 0.15) is 5.75 Å². The van der Waals surface area contributed by atoms with Crippen LogP contribution in [0.3, 0.4) is 0 Å². The molecule has 0 amide bonds. The van der Waals surface area contributed by atoms with Crippen molar-refractivity contribution in [2.75, 3.05) is 14.2 Å². The van der Waals surface area contributed by atoms with Crippen molar-refractivity contribution in [3.05, 3.63) is 77.9 Å². The van der Waals surface area contributed by atoms with E-state index in [4.69, 9.17) is 23.4 Å². The van der Waals surface area contributed by atoms with Crippen molar-refractivity contribution >= 4 is 14.3 Å². The highest BCUT2D eigenvalue weighted by Crippen LogP contribution is 2.43. The van der Waals surface area contributed by atoms with Crippen molar-refractivity contribution in [1.29, 1.82) is 0 Å². The molecular formula is C35H54O6Si. The van der Waals surface area contributed by atoms with Gasteiger partial charge in [-0.1, -0.05) is 90.1 Å². The van der Waals surface area contributed by atoms with Crippen LogP contribution in [0.1, 0.15) is 71.9 Å². The quantitative estimate of drug-likeness (QED) is 0.103. The van der Waals surface area contributed by atoms with Gasteiger partial charge in [-0.2, -0.15) is 0 Å². The maximum atomic E-state index is 11.9. The summed E-state index contributed by atoms with van der Waals surface area (Å²) in [5.41, 5.74) is 1.81. The molecule has 0 N–H and O–H groups in total. The van der Waals surface area contributed by atoms with Crippen LogP contribution in [0.5, 0.6) is 5.75 Å². The fraction of sp³-hybridized carbons (Fsp3) is 0.571. The molecular weight excluding hydrogens is 544 g/mol. The molecule has 0 radical (unpaired) electrons. The van der Waals surface area contributed by atoms with Crippen LogP contribution in [-0.2, 0) is 36.6 Å². The van der Waals surface area contributed by atoms with Crippen molar-refractivity contribution in [2.24, 2.45) is 5.41 Å². The molecule has 0 spiro atoms. The van der Waals surface area contributed by atoms with Gasteiger partial charge >= 0.3 is 5.97 Å². The second kappa shape index (κ2) is 16.4. The number of hydrogen-bond donors (Lipinski definition) is 0. The molecule has 0 unspecified atom stereocenters. The molecule has 0 heterocycles. The molecule has 0 aliphatic heterocycles. The first kappa shape index (κ1) is 35.7. The minimum absolute atomic E-state index is 0.00415. The van der Waals surface area contributed by atoms with E-state index in [1.54, 1.807) is 7.11 Å². The molecule has 3 atom stereocenters. The maximum absolute atomic E-state index is 11.9. The largest absolute Gasteiger partial charge is 0.497 e. The van der Waals surface area contributed by atoms with Gasteiger partial charge in [-0.15, -0.1) is 0 Å². The monoisotopic (exact) mass is 598 g/mol. The number of methoxy groups -OCH3 is 2. The van der Waals surface area contributed by atoms with Crippen molar-refractivity contribution in [1.82, 2.24) is 0 Å². The first-order chi connectivity index (χ1) is 19.7. The number of hydrogen-bond acceptors (Lipinski definition) is 6. The van der Waals surface area contributed by atoms with Crippen LogP contribution in [-0.4, -0.2) is 46.8 Å². The fourth-order valence-electron chi connectivity index (χ4n) is 4.48. The number of ether oxygens (including phenoxy) is 4. The van der Waals surface area contributed by atoms with E-state index >= 15 is 0 Å². The van der Waals surface area contributed by atoms with E-state index in [2.05, 4.69) is 66.8 Å². The third-order valence-corrected chi connectivity index (χ3v) is 13.1. The molecule has 2 aromatic carbocycles. The number of esters is 1. The second-order valence-electron chi connectivity index (χ2n) is 13.1. The van der Waals surface area contributed by atoms with Gasteiger partial charge in [-0.05, 0) is 54.2 Å². The molecule has 42 heavy (non-hydrogen) atoms. The van der Waals surface area contributed by atoms with Gasteiger partial charge in [0.05, 0.1) is 45.7 Å². The fourth-order valence-corrected chi connectivity index (χ4v) is 5.95. The topological polar surface area (TPSA) is 63.2 Å². The minimum atomic E-state index is -2.16. The van der Waals surface area contributed by atoms with Crippen LogP contribution < -0.4 is 4.74 Å². The summed E-state index contributed by atoms with van der Waals surface area (Å²) >= 11 is 0. The summed E-state index contributed by atoms with van der Waals surface area (Å²) in [7, 11) is 0.896. The third kappa shape index (κ3) is 11.0. The number of benzene rings is 2. The molecule has 0 aromatic heterocycles. The molecule has 234 valence electrons. The summed E-state index contributed by atoms with van der Waals surface area (Å²) in [6.45, 7) is 18.9. The first-order valence-corrected chi connectivity index (χ1v) is 18.0. The van der Waals surface area contributed by atoms with E-state index in [9.17, 15) is 4.79 Å². The number of carbonyl (C=O) groups excluding carboxylic acids is 1. The number of carbonyl (C=O) groups is 1. The molecule has 0 saturated heterocycles. The predicted molar refractivity (Wildman–Crippen MR) is 173 cm³/mol. The Bertz CT molecular complexity index is 1090. The summed E-state index contributed by atoms with van der Waals surface area (Å²) < 4.78 is 30.5. The molecule has 0 aliphatic carbocycles. The Balaban J connectivity index is 2.39. The second-order valence-corrected chi connectivity index (χ2v) is 17.8. The Kier molecular flexibility index (Phi) is 14.0. The highest BCUT2D eigenvalue weighted by molar-refractivity contribution is 6.74. The zero-order chi connectivity index (χ0) is 31.4. The first-order valence-electron chi connectivity index (χ1n) is 15.1. The highest BCUT2D eigenvalue weighted by atomic mass is 28.4. The SMILES string of the molecule is CC[C@@H](C[C@@H](OCc1ccc(OC)cc1)C(C)(C)[C@@H](C/C=C/C(=O)OC)O[Si](C)(C)C(C)(C)C)OCc1ccccc1. The molecule has 6 nitrogen and oxygen atoms in total. The van der Waals surface area contributed by atoms with Gasteiger partial charge < -0.3 is 23.4 Å². The molecule has 2 rings (SSSR count). The van der Waals surface area contributed by atoms with Crippen molar-refractivity contribution in [2.45, 2.75) is 110 Å². The Morgan fingerprint density at radius 1 is 0.857 bits per heavy atom. The maximum Gasteiger partial charge on any atom is 0.330 e. The van der Waals surface area contributed by atoms with Crippen molar-refractivity contribution < 1.29 is 28.2 Å². The molecule has 0 saturated carbocycles. The molecule has 2 aromatic rings. The zero-order valence-corrected chi connectivity index (χ0v) is 28.6. The van der Waals surface area contributed by atoms with Crippen molar-refractivity contribution in [3.8, 4) is 5.75 Å². The molecule has 7 heteroatoms. The minimum Gasteiger partial charge on any atom is -0.497 e. The summed E-state index contributed by atoms with van der Waals surface area (Å²) in [5, 5.41) is 0.0254. The molecule has 0 fully saturated rings. The van der Waals surface area contributed by atoms with Gasteiger partial charge in [0.25, 0.3) is 0 Å². The normalized spacial score (nSPS) is 14.9. The summed E-state index contributed by atoms with van der Waals surface area (Å²) in [6, 6.07) is 18.3. The van der Waals surface area contributed by atoms with Gasteiger partial charge in [0.15, 0.2) is 8.32 Å². The zero-order valence-electron chi connectivity index (χ0n) is 27.6.